The third kappa shape index (κ3) is 4.15. The van der Waals surface area contributed by atoms with Crippen LogP contribution in [-0.2, 0) is 26.6 Å². The van der Waals surface area contributed by atoms with Crippen LogP contribution in [0.5, 0.6) is 0 Å². The number of sulfone groups is 1. The summed E-state index contributed by atoms with van der Waals surface area (Å²) < 4.78 is 37.2. The molecular formula is C22H27FN6O3S. The number of carbonyl (C=O) groups excluding carboxylic acids is 1. The first kappa shape index (κ1) is 22.0. The Labute approximate surface area is 192 Å². The molecule has 1 saturated heterocycles. The van der Waals surface area contributed by atoms with Crippen molar-refractivity contribution in [1.82, 2.24) is 9.97 Å². The number of nitrogens with one attached hydrogen (secondary N) is 1. The SMILES string of the molecule is CS(=O)(=O)CCNc1nc(N2CCC(N)C2)ncc1CN1C(=O)C2(CC2)c2ccc(F)cc21. The lowest BCUT2D eigenvalue weighted by Crippen LogP contribution is -2.32. The van der Waals surface area contributed by atoms with E-state index in [9.17, 15) is 17.6 Å². The number of aromatic nitrogens is 2. The summed E-state index contributed by atoms with van der Waals surface area (Å²) in [4.78, 5) is 26.0. The van der Waals surface area contributed by atoms with Crippen LogP contribution >= 0.6 is 0 Å². The van der Waals surface area contributed by atoms with Crippen LogP contribution in [0.4, 0.5) is 21.8 Å². The van der Waals surface area contributed by atoms with Gasteiger partial charge in [0.2, 0.25) is 11.9 Å². The molecule has 1 atom stereocenters. The van der Waals surface area contributed by atoms with Crippen LogP contribution in [0, 0.1) is 5.82 Å². The Morgan fingerprint density at radius 3 is 2.79 bits per heavy atom. The van der Waals surface area contributed by atoms with Gasteiger partial charge in [-0.15, -0.1) is 0 Å². The number of benzene rings is 1. The van der Waals surface area contributed by atoms with E-state index in [1.54, 1.807) is 17.2 Å². The summed E-state index contributed by atoms with van der Waals surface area (Å²) in [7, 11) is -3.16. The first-order chi connectivity index (χ1) is 15.7. The Hall–Kier alpha value is -2.79. The monoisotopic (exact) mass is 474 g/mol. The largest absolute Gasteiger partial charge is 0.369 e. The number of fused-ring (bicyclic) bond motifs is 2. The molecule has 176 valence electrons. The maximum atomic E-state index is 14.0. The first-order valence-electron chi connectivity index (χ1n) is 11.1. The molecule has 11 heteroatoms. The Balaban J connectivity index is 1.45. The zero-order chi connectivity index (χ0) is 23.4. The van der Waals surface area contributed by atoms with E-state index >= 15 is 0 Å². The number of amides is 1. The molecule has 0 bridgehead atoms. The summed E-state index contributed by atoms with van der Waals surface area (Å²) in [5, 5.41) is 3.11. The Kier molecular flexibility index (Phi) is 5.28. The fourth-order valence-corrected chi connectivity index (χ4v) is 5.17. The molecule has 3 aliphatic rings. The van der Waals surface area contributed by atoms with Gasteiger partial charge in [-0.25, -0.2) is 17.8 Å². The molecule has 1 aromatic heterocycles. The molecule has 1 spiro atoms. The first-order valence-corrected chi connectivity index (χ1v) is 13.1. The van der Waals surface area contributed by atoms with E-state index in [0.717, 1.165) is 31.4 Å². The summed E-state index contributed by atoms with van der Waals surface area (Å²) in [6.07, 6.45) is 5.18. The van der Waals surface area contributed by atoms with Crippen molar-refractivity contribution in [2.24, 2.45) is 5.73 Å². The molecule has 2 aliphatic heterocycles. The van der Waals surface area contributed by atoms with Gasteiger partial charge in [-0.3, -0.25) is 4.79 Å². The summed E-state index contributed by atoms with van der Waals surface area (Å²) in [5.74, 6) is 0.478. The average molecular weight is 475 g/mol. The van der Waals surface area contributed by atoms with Crippen LogP contribution in [0.2, 0.25) is 0 Å². The molecule has 5 rings (SSSR count). The van der Waals surface area contributed by atoms with E-state index < -0.39 is 21.1 Å². The van der Waals surface area contributed by atoms with E-state index in [2.05, 4.69) is 15.3 Å². The van der Waals surface area contributed by atoms with Gasteiger partial charge in [0.15, 0.2) is 0 Å². The highest BCUT2D eigenvalue weighted by Crippen LogP contribution is 2.57. The summed E-state index contributed by atoms with van der Waals surface area (Å²) in [6.45, 7) is 1.72. The molecule has 1 aliphatic carbocycles. The fourth-order valence-electron chi connectivity index (χ4n) is 4.69. The minimum Gasteiger partial charge on any atom is -0.369 e. The number of hydrogen-bond donors (Lipinski definition) is 2. The average Bonchev–Trinajstić information content (AvgIpc) is 3.39. The number of nitrogens with two attached hydrogens (primary N) is 1. The number of carbonyl (C=O) groups is 1. The maximum Gasteiger partial charge on any atom is 0.238 e. The van der Waals surface area contributed by atoms with Gasteiger partial charge in [-0.1, -0.05) is 6.07 Å². The highest BCUT2D eigenvalue weighted by Gasteiger charge is 2.59. The van der Waals surface area contributed by atoms with Crippen molar-refractivity contribution in [3.05, 3.63) is 41.3 Å². The molecule has 2 fully saturated rings. The molecule has 33 heavy (non-hydrogen) atoms. The second kappa shape index (κ2) is 7.91. The minimum absolute atomic E-state index is 0.0419. The third-order valence-electron chi connectivity index (χ3n) is 6.62. The number of halogens is 1. The third-order valence-corrected chi connectivity index (χ3v) is 7.57. The second-order valence-electron chi connectivity index (χ2n) is 9.23. The molecule has 9 nitrogen and oxygen atoms in total. The van der Waals surface area contributed by atoms with Crippen LogP contribution < -0.4 is 20.9 Å². The van der Waals surface area contributed by atoms with Crippen molar-refractivity contribution >= 4 is 33.2 Å². The van der Waals surface area contributed by atoms with Crippen molar-refractivity contribution in [2.75, 3.05) is 46.8 Å². The van der Waals surface area contributed by atoms with Crippen molar-refractivity contribution in [2.45, 2.75) is 37.3 Å². The lowest BCUT2D eigenvalue weighted by Gasteiger charge is -2.22. The van der Waals surface area contributed by atoms with E-state index in [1.807, 2.05) is 4.90 Å². The summed E-state index contributed by atoms with van der Waals surface area (Å²) >= 11 is 0. The summed E-state index contributed by atoms with van der Waals surface area (Å²) in [6, 6.07) is 4.56. The van der Waals surface area contributed by atoms with Crippen molar-refractivity contribution in [3.63, 3.8) is 0 Å². The number of hydrogen-bond acceptors (Lipinski definition) is 8. The fraction of sp³-hybridized carbons (Fsp3) is 0.500. The molecule has 1 amide bonds. The maximum absolute atomic E-state index is 14.0. The lowest BCUT2D eigenvalue weighted by molar-refractivity contribution is -0.120. The van der Waals surface area contributed by atoms with Gasteiger partial charge >= 0.3 is 0 Å². The minimum atomic E-state index is -3.16. The highest BCUT2D eigenvalue weighted by molar-refractivity contribution is 7.90. The normalized spacial score (nSPS) is 21.1. The van der Waals surface area contributed by atoms with E-state index in [4.69, 9.17) is 5.73 Å². The van der Waals surface area contributed by atoms with E-state index in [-0.39, 0.29) is 30.8 Å². The van der Waals surface area contributed by atoms with Gasteiger partial charge in [0, 0.05) is 43.7 Å². The molecule has 3 N–H and O–H groups in total. The van der Waals surface area contributed by atoms with E-state index in [0.29, 0.717) is 29.6 Å². The van der Waals surface area contributed by atoms with Gasteiger partial charge in [0.05, 0.1) is 23.4 Å². The highest BCUT2D eigenvalue weighted by atomic mass is 32.2. The molecule has 1 aromatic carbocycles. The lowest BCUT2D eigenvalue weighted by atomic mass is 9.98. The Bertz CT molecular complexity index is 1220. The van der Waals surface area contributed by atoms with Crippen LogP contribution in [-0.4, -0.2) is 62.0 Å². The van der Waals surface area contributed by atoms with Gasteiger partial charge in [-0.2, -0.15) is 4.98 Å². The predicted octanol–water partition coefficient (Wildman–Crippen LogP) is 1.19. The topological polar surface area (TPSA) is 122 Å². The molecule has 2 aromatic rings. The Morgan fingerprint density at radius 2 is 2.12 bits per heavy atom. The number of nitrogens with zero attached hydrogens (tertiary/aromatic N) is 4. The van der Waals surface area contributed by atoms with Gasteiger partial charge < -0.3 is 20.9 Å². The van der Waals surface area contributed by atoms with Crippen LogP contribution in [0.15, 0.2) is 24.4 Å². The predicted molar refractivity (Wildman–Crippen MR) is 124 cm³/mol. The van der Waals surface area contributed by atoms with Crippen molar-refractivity contribution in [1.29, 1.82) is 0 Å². The molecule has 1 saturated carbocycles. The van der Waals surface area contributed by atoms with Crippen molar-refractivity contribution < 1.29 is 17.6 Å². The van der Waals surface area contributed by atoms with Crippen molar-refractivity contribution in [3.8, 4) is 0 Å². The quantitative estimate of drug-likeness (QED) is 0.614. The number of anilines is 3. The molecule has 3 heterocycles. The van der Waals surface area contributed by atoms with Gasteiger partial charge in [-0.05, 0) is 37.0 Å². The smallest absolute Gasteiger partial charge is 0.238 e. The zero-order valence-electron chi connectivity index (χ0n) is 18.4. The van der Waals surface area contributed by atoms with Crippen LogP contribution in [0.3, 0.4) is 0 Å². The Morgan fingerprint density at radius 1 is 1.33 bits per heavy atom. The summed E-state index contributed by atoms with van der Waals surface area (Å²) in [5.41, 5.74) is 7.55. The standard InChI is InChI=1S/C22H27FN6O3S/c1-33(31,32)9-7-25-19-14(11-26-21(27-19)28-8-4-16(24)13-28)12-29-18-10-15(23)2-3-17(18)22(5-6-22)20(29)30/h2-3,10-11,16H,4-9,12-13,24H2,1H3,(H,25,26,27). The second-order valence-corrected chi connectivity index (χ2v) is 11.5. The zero-order valence-corrected chi connectivity index (χ0v) is 19.2. The van der Waals surface area contributed by atoms with Crippen LogP contribution in [0.25, 0.3) is 0 Å². The number of rotatable bonds is 7. The van der Waals surface area contributed by atoms with E-state index in [1.165, 1.54) is 18.4 Å². The molecular weight excluding hydrogens is 447 g/mol. The van der Waals surface area contributed by atoms with Gasteiger partial charge in [0.25, 0.3) is 0 Å². The van der Waals surface area contributed by atoms with Crippen LogP contribution in [0.1, 0.15) is 30.4 Å². The molecule has 1 unspecified atom stereocenters. The molecule has 0 radical (unpaired) electrons. The van der Waals surface area contributed by atoms with Gasteiger partial charge in [0.1, 0.15) is 21.5 Å².